The summed E-state index contributed by atoms with van der Waals surface area (Å²) in [5, 5.41) is 15.5. The predicted molar refractivity (Wildman–Crippen MR) is 138 cm³/mol. The molecular weight excluding hydrogens is 543 g/mol. The number of rotatable bonds is 11. The number of nitrogens with one attached hydrogen (secondary N) is 1. The van der Waals surface area contributed by atoms with Crippen molar-refractivity contribution in [3.05, 3.63) is 86.4 Å². The van der Waals surface area contributed by atoms with Crippen molar-refractivity contribution >= 4 is 29.4 Å². The van der Waals surface area contributed by atoms with Gasteiger partial charge in [0.25, 0.3) is 5.91 Å². The summed E-state index contributed by atoms with van der Waals surface area (Å²) in [6, 6.07) is 10.7. The zero-order chi connectivity index (χ0) is 28.6. The Morgan fingerprint density at radius 3 is 2.41 bits per heavy atom. The topological polar surface area (TPSA) is 112 Å². The molecule has 0 saturated carbocycles. The van der Waals surface area contributed by atoms with E-state index in [9.17, 15) is 28.1 Å². The molecule has 0 unspecified atom stereocenters. The van der Waals surface area contributed by atoms with Crippen LogP contribution >= 0.6 is 11.6 Å². The quantitative estimate of drug-likeness (QED) is 0.152. The fourth-order valence-corrected chi connectivity index (χ4v) is 3.41. The van der Waals surface area contributed by atoms with Crippen LogP contribution in [0.15, 0.2) is 59.7 Å². The van der Waals surface area contributed by atoms with Crippen LogP contribution in [0.1, 0.15) is 41.8 Å². The van der Waals surface area contributed by atoms with Crippen LogP contribution in [0.5, 0.6) is 23.0 Å². The first-order chi connectivity index (χ1) is 18.5. The lowest BCUT2D eigenvalue weighted by Gasteiger charge is -2.12. The zero-order valence-electron chi connectivity index (χ0n) is 20.8. The van der Waals surface area contributed by atoms with Gasteiger partial charge in [-0.25, -0.2) is 5.43 Å². The summed E-state index contributed by atoms with van der Waals surface area (Å²) in [5.41, 5.74) is 0.698. The van der Waals surface area contributed by atoms with Gasteiger partial charge in [-0.05, 0) is 61.9 Å². The second kappa shape index (κ2) is 13.0. The Hall–Kier alpha value is -4.32. The Kier molecular flexibility index (Phi) is 9.72. The van der Waals surface area contributed by atoms with Crippen LogP contribution in [0.4, 0.5) is 18.9 Å². The maximum absolute atomic E-state index is 13.0. The summed E-state index contributed by atoms with van der Waals surface area (Å²) in [6.45, 7) is 4.60. The number of nitro groups is 1. The lowest BCUT2D eigenvalue weighted by Crippen LogP contribution is -2.18. The minimum Gasteiger partial charge on any atom is -0.490 e. The van der Waals surface area contributed by atoms with E-state index in [1.807, 2.05) is 6.92 Å². The Morgan fingerprint density at radius 2 is 1.74 bits per heavy atom. The molecule has 0 radical (unpaired) electrons. The molecule has 0 atom stereocenters. The first kappa shape index (κ1) is 29.2. The van der Waals surface area contributed by atoms with Gasteiger partial charge < -0.3 is 14.2 Å². The van der Waals surface area contributed by atoms with E-state index >= 15 is 0 Å². The lowest BCUT2D eigenvalue weighted by molar-refractivity contribution is -0.385. The minimum absolute atomic E-state index is 0.00341. The third kappa shape index (κ3) is 7.84. The normalized spacial score (nSPS) is 11.3. The molecule has 39 heavy (non-hydrogen) atoms. The fourth-order valence-electron chi connectivity index (χ4n) is 3.23. The fraction of sp³-hybridized carbons (Fsp3) is 0.231. The van der Waals surface area contributed by atoms with Crippen LogP contribution in [0.2, 0.25) is 5.02 Å². The van der Waals surface area contributed by atoms with Gasteiger partial charge in [0.05, 0.1) is 29.9 Å². The van der Waals surface area contributed by atoms with Crippen LogP contribution in [-0.4, -0.2) is 30.3 Å². The molecule has 1 amide bonds. The average Bonchev–Trinajstić information content (AvgIpc) is 2.89. The highest BCUT2D eigenvalue weighted by atomic mass is 35.5. The average molecular weight is 566 g/mol. The number of carbonyl (C=O) groups is 1. The third-order valence-electron chi connectivity index (χ3n) is 5.01. The van der Waals surface area contributed by atoms with E-state index < -0.39 is 34.0 Å². The number of nitro benzene ring substituents is 1. The molecule has 0 saturated heterocycles. The maximum atomic E-state index is 13.0. The number of alkyl halides is 3. The molecule has 1 N–H and O–H groups in total. The van der Waals surface area contributed by atoms with Crippen LogP contribution < -0.4 is 19.6 Å². The van der Waals surface area contributed by atoms with E-state index in [4.69, 9.17) is 25.8 Å². The second-order valence-electron chi connectivity index (χ2n) is 7.86. The Balaban J connectivity index is 1.82. The van der Waals surface area contributed by atoms with Crippen molar-refractivity contribution < 1.29 is 37.1 Å². The molecule has 0 bridgehead atoms. The number of hydrogen-bond acceptors (Lipinski definition) is 7. The summed E-state index contributed by atoms with van der Waals surface area (Å²) < 4.78 is 55.8. The summed E-state index contributed by atoms with van der Waals surface area (Å²) in [7, 11) is 0. The molecule has 0 aliphatic heterocycles. The van der Waals surface area contributed by atoms with Crippen LogP contribution in [-0.2, 0) is 6.18 Å². The Bertz CT molecular complexity index is 1380. The number of hydrazone groups is 1. The van der Waals surface area contributed by atoms with Crippen LogP contribution in [0.25, 0.3) is 0 Å². The Morgan fingerprint density at radius 1 is 1.03 bits per heavy atom. The first-order valence-corrected chi connectivity index (χ1v) is 12.0. The molecule has 0 aliphatic carbocycles. The van der Waals surface area contributed by atoms with Gasteiger partial charge in [0.1, 0.15) is 5.75 Å². The van der Waals surface area contributed by atoms with E-state index in [-0.39, 0.29) is 21.9 Å². The van der Waals surface area contributed by atoms with Gasteiger partial charge in [-0.3, -0.25) is 14.9 Å². The molecule has 9 nitrogen and oxygen atoms in total. The molecule has 0 heterocycles. The smallest absolute Gasteiger partial charge is 0.416 e. The second-order valence-corrected chi connectivity index (χ2v) is 8.30. The van der Waals surface area contributed by atoms with E-state index in [0.717, 1.165) is 12.5 Å². The molecular formula is C26H23ClF3N3O6. The van der Waals surface area contributed by atoms with Crippen molar-refractivity contribution in [3.63, 3.8) is 0 Å². The molecule has 0 aromatic heterocycles. The zero-order valence-corrected chi connectivity index (χ0v) is 21.5. The van der Waals surface area contributed by atoms with Crippen molar-refractivity contribution in [3.8, 4) is 23.0 Å². The van der Waals surface area contributed by atoms with Gasteiger partial charge in [0.2, 0.25) is 5.75 Å². The number of benzene rings is 3. The largest absolute Gasteiger partial charge is 0.490 e. The van der Waals surface area contributed by atoms with Crippen molar-refractivity contribution in [2.45, 2.75) is 26.4 Å². The molecule has 0 fully saturated rings. The summed E-state index contributed by atoms with van der Waals surface area (Å²) >= 11 is 6.04. The van der Waals surface area contributed by atoms with Gasteiger partial charge in [-0.15, -0.1) is 0 Å². The SMILES string of the molecule is CCCOc1ccc(C(=O)N/N=C/c2cc(Cl)ccc2Oc2ccc(C(F)(F)F)cc2[N+](=O)[O-])cc1OCC. The van der Waals surface area contributed by atoms with Gasteiger partial charge >= 0.3 is 11.9 Å². The van der Waals surface area contributed by atoms with E-state index in [0.29, 0.717) is 36.8 Å². The van der Waals surface area contributed by atoms with Gasteiger partial charge in [-0.2, -0.15) is 18.3 Å². The molecule has 3 aromatic carbocycles. The number of hydrogen-bond donors (Lipinski definition) is 1. The highest BCUT2D eigenvalue weighted by Gasteiger charge is 2.33. The van der Waals surface area contributed by atoms with Crippen molar-refractivity contribution in [2.75, 3.05) is 13.2 Å². The highest BCUT2D eigenvalue weighted by Crippen LogP contribution is 2.38. The number of halogens is 4. The molecule has 0 aliphatic rings. The van der Waals surface area contributed by atoms with Crippen LogP contribution in [0.3, 0.4) is 0 Å². The Labute approximate surface area is 226 Å². The van der Waals surface area contributed by atoms with E-state index in [1.54, 1.807) is 13.0 Å². The number of carbonyl (C=O) groups excluding carboxylic acids is 1. The minimum atomic E-state index is -4.77. The highest BCUT2D eigenvalue weighted by molar-refractivity contribution is 6.30. The molecule has 3 rings (SSSR count). The number of nitrogens with zero attached hydrogens (tertiary/aromatic N) is 2. The van der Waals surface area contributed by atoms with E-state index in [2.05, 4.69) is 10.5 Å². The third-order valence-corrected chi connectivity index (χ3v) is 5.25. The summed E-state index contributed by atoms with van der Waals surface area (Å²) in [4.78, 5) is 23.1. The van der Waals surface area contributed by atoms with Gasteiger partial charge in [0, 0.05) is 22.2 Å². The van der Waals surface area contributed by atoms with Gasteiger partial charge in [0.15, 0.2) is 11.5 Å². The molecule has 13 heteroatoms. The predicted octanol–water partition coefficient (Wildman–Crippen LogP) is 7.01. The summed E-state index contributed by atoms with van der Waals surface area (Å²) in [6.07, 6.45) is -2.80. The monoisotopic (exact) mass is 565 g/mol. The maximum Gasteiger partial charge on any atom is 0.416 e. The van der Waals surface area contributed by atoms with E-state index in [1.165, 1.54) is 36.5 Å². The summed E-state index contributed by atoms with van der Waals surface area (Å²) in [5.74, 6) is -0.112. The number of amides is 1. The molecule has 0 spiro atoms. The van der Waals surface area contributed by atoms with Crippen molar-refractivity contribution in [2.24, 2.45) is 5.10 Å². The molecule has 206 valence electrons. The number of ether oxygens (including phenoxy) is 3. The van der Waals surface area contributed by atoms with Gasteiger partial charge in [-0.1, -0.05) is 18.5 Å². The first-order valence-electron chi connectivity index (χ1n) is 11.6. The lowest BCUT2D eigenvalue weighted by atomic mass is 10.1. The van der Waals surface area contributed by atoms with Crippen molar-refractivity contribution in [1.82, 2.24) is 5.43 Å². The molecule has 3 aromatic rings. The standard InChI is InChI=1S/C26H23ClF3N3O6/c1-3-11-38-23-8-5-16(13-24(23)37-4-2)25(34)32-31-15-17-12-19(27)7-10-21(17)39-22-9-6-18(26(28,29)30)14-20(22)33(35)36/h5-10,12-15H,3-4,11H2,1-2H3,(H,32,34)/b31-15+. The van der Waals surface area contributed by atoms with Crippen molar-refractivity contribution in [1.29, 1.82) is 0 Å². The van der Waals surface area contributed by atoms with Crippen LogP contribution in [0, 0.1) is 10.1 Å².